The van der Waals surface area contributed by atoms with Gasteiger partial charge < -0.3 is 5.32 Å². The molecule has 1 saturated carbocycles. The molecule has 18 heavy (non-hydrogen) atoms. The highest BCUT2D eigenvalue weighted by Crippen LogP contribution is 2.64. The smallest absolute Gasteiger partial charge is 0.235 e. The fourth-order valence-corrected chi connectivity index (χ4v) is 3.13. The molecule has 0 saturated heterocycles. The molecule has 2 aliphatic rings. The fourth-order valence-electron chi connectivity index (χ4n) is 3.13. The Morgan fingerprint density at radius 2 is 2.11 bits per heavy atom. The second kappa shape index (κ2) is 3.19. The minimum Gasteiger partial charge on any atom is -0.325 e. The quantitative estimate of drug-likeness (QED) is 0.826. The lowest BCUT2D eigenvalue weighted by Gasteiger charge is -2.07. The Morgan fingerprint density at radius 3 is 2.94 bits per heavy atom. The van der Waals surface area contributed by atoms with Gasteiger partial charge in [-0.15, -0.1) is 0 Å². The Morgan fingerprint density at radius 1 is 1.22 bits per heavy atom. The number of hydrogen-bond acceptors (Lipinski definition) is 2. The van der Waals surface area contributed by atoms with Gasteiger partial charge in [-0.25, -0.2) is 0 Å². The predicted octanol–water partition coefficient (Wildman–Crippen LogP) is 2.46. The number of nitrogens with one attached hydrogen (secondary N) is 1. The summed E-state index contributed by atoms with van der Waals surface area (Å²) in [6.45, 7) is 0. The van der Waals surface area contributed by atoms with E-state index in [-0.39, 0.29) is 17.2 Å². The zero-order valence-corrected chi connectivity index (χ0v) is 9.76. The van der Waals surface area contributed by atoms with Crippen molar-refractivity contribution in [2.75, 3.05) is 5.32 Å². The molecule has 1 aliphatic heterocycles. The first-order chi connectivity index (χ1) is 8.82. The standard InChI is InChI=1S/C15H12N2O/c18-14-15(11-5-1-2-6-13(11)17-14)8-12(15)10-4-3-7-16-9-10/h1-7,9,12H,8H2,(H,17,18)/t12-,15-/m0/s1. The number of fused-ring (bicyclic) bond motifs is 2. The second-order valence-electron chi connectivity index (χ2n) is 5.01. The maximum Gasteiger partial charge on any atom is 0.235 e. The summed E-state index contributed by atoms with van der Waals surface area (Å²) < 4.78 is 0. The largest absolute Gasteiger partial charge is 0.325 e. The zero-order chi connectivity index (χ0) is 12.2. The van der Waals surface area contributed by atoms with Gasteiger partial charge in [-0.05, 0) is 29.7 Å². The molecule has 4 rings (SSSR count). The molecule has 1 aliphatic carbocycles. The van der Waals surface area contributed by atoms with E-state index in [1.807, 2.05) is 30.5 Å². The van der Waals surface area contributed by atoms with Crippen molar-refractivity contribution in [2.45, 2.75) is 17.8 Å². The summed E-state index contributed by atoms with van der Waals surface area (Å²) >= 11 is 0. The number of amides is 1. The Kier molecular flexibility index (Phi) is 1.74. The Labute approximate surface area is 105 Å². The van der Waals surface area contributed by atoms with Gasteiger partial charge in [0.05, 0.1) is 5.41 Å². The summed E-state index contributed by atoms with van der Waals surface area (Å²) in [7, 11) is 0. The minimum atomic E-state index is -0.334. The van der Waals surface area contributed by atoms with E-state index in [0.717, 1.165) is 23.2 Å². The van der Waals surface area contributed by atoms with Crippen LogP contribution in [0.1, 0.15) is 23.5 Å². The molecule has 1 amide bonds. The van der Waals surface area contributed by atoms with Gasteiger partial charge in [0.25, 0.3) is 0 Å². The van der Waals surface area contributed by atoms with Crippen molar-refractivity contribution in [2.24, 2.45) is 0 Å². The molecule has 0 radical (unpaired) electrons. The molecule has 1 aromatic heterocycles. The molecule has 3 nitrogen and oxygen atoms in total. The van der Waals surface area contributed by atoms with E-state index in [1.165, 1.54) is 0 Å². The third kappa shape index (κ3) is 1.09. The first-order valence-corrected chi connectivity index (χ1v) is 6.13. The van der Waals surface area contributed by atoms with Crippen molar-refractivity contribution in [3.05, 3.63) is 59.9 Å². The molecule has 2 aromatic rings. The predicted molar refractivity (Wildman–Crippen MR) is 68.3 cm³/mol. The molecule has 1 fully saturated rings. The average Bonchev–Trinajstić information content (AvgIpc) is 3.10. The lowest BCUT2D eigenvalue weighted by Crippen LogP contribution is -2.20. The molecular formula is C15H12N2O. The molecule has 0 unspecified atom stereocenters. The number of benzene rings is 1. The van der Waals surface area contributed by atoms with Crippen LogP contribution in [-0.2, 0) is 10.2 Å². The lowest BCUT2D eigenvalue weighted by molar-refractivity contribution is -0.118. The van der Waals surface area contributed by atoms with E-state index in [9.17, 15) is 4.79 Å². The molecule has 2 heterocycles. The van der Waals surface area contributed by atoms with E-state index >= 15 is 0 Å². The third-order valence-corrected chi connectivity index (χ3v) is 4.11. The normalized spacial score (nSPS) is 28.0. The van der Waals surface area contributed by atoms with Gasteiger partial charge >= 0.3 is 0 Å². The van der Waals surface area contributed by atoms with Gasteiger partial charge in [0, 0.05) is 24.0 Å². The van der Waals surface area contributed by atoms with Crippen LogP contribution < -0.4 is 5.32 Å². The molecule has 0 bridgehead atoms. The van der Waals surface area contributed by atoms with Gasteiger partial charge in [-0.2, -0.15) is 0 Å². The number of para-hydroxylation sites is 1. The second-order valence-corrected chi connectivity index (χ2v) is 5.01. The van der Waals surface area contributed by atoms with E-state index in [2.05, 4.69) is 22.4 Å². The van der Waals surface area contributed by atoms with Gasteiger partial charge in [-0.3, -0.25) is 9.78 Å². The van der Waals surface area contributed by atoms with Crippen LogP contribution in [0.3, 0.4) is 0 Å². The van der Waals surface area contributed by atoms with Crippen LogP contribution in [0.4, 0.5) is 5.69 Å². The number of carbonyl (C=O) groups is 1. The summed E-state index contributed by atoms with van der Waals surface area (Å²) in [5, 5.41) is 2.99. The zero-order valence-electron chi connectivity index (χ0n) is 9.76. The molecule has 1 spiro atoms. The summed E-state index contributed by atoms with van der Waals surface area (Å²) in [6, 6.07) is 12.0. The van der Waals surface area contributed by atoms with Crippen LogP contribution in [0.25, 0.3) is 0 Å². The average molecular weight is 236 g/mol. The van der Waals surface area contributed by atoms with Crippen LogP contribution in [-0.4, -0.2) is 10.9 Å². The van der Waals surface area contributed by atoms with E-state index < -0.39 is 0 Å². The summed E-state index contributed by atoms with van der Waals surface area (Å²) in [6.07, 6.45) is 4.52. The molecular weight excluding hydrogens is 224 g/mol. The monoisotopic (exact) mass is 236 g/mol. The number of pyridine rings is 1. The highest BCUT2D eigenvalue weighted by Gasteiger charge is 2.65. The van der Waals surface area contributed by atoms with Gasteiger partial charge in [0.2, 0.25) is 5.91 Å². The van der Waals surface area contributed by atoms with Crippen molar-refractivity contribution in [1.29, 1.82) is 0 Å². The number of hydrogen-bond donors (Lipinski definition) is 1. The Balaban J connectivity index is 1.81. The number of carbonyl (C=O) groups excluding carboxylic acids is 1. The van der Waals surface area contributed by atoms with Gasteiger partial charge in [-0.1, -0.05) is 24.3 Å². The van der Waals surface area contributed by atoms with E-state index in [0.29, 0.717) is 0 Å². The summed E-state index contributed by atoms with van der Waals surface area (Å²) in [5.41, 5.74) is 2.93. The van der Waals surface area contributed by atoms with Crippen molar-refractivity contribution in [1.82, 2.24) is 4.98 Å². The highest BCUT2D eigenvalue weighted by molar-refractivity contribution is 6.09. The van der Waals surface area contributed by atoms with Crippen molar-refractivity contribution in [3.63, 3.8) is 0 Å². The maximum atomic E-state index is 12.3. The van der Waals surface area contributed by atoms with E-state index in [4.69, 9.17) is 0 Å². The maximum absolute atomic E-state index is 12.3. The number of anilines is 1. The molecule has 1 aromatic carbocycles. The van der Waals surface area contributed by atoms with E-state index in [1.54, 1.807) is 6.20 Å². The molecule has 3 heteroatoms. The lowest BCUT2D eigenvalue weighted by atomic mass is 9.93. The van der Waals surface area contributed by atoms with Crippen molar-refractivity contribution in [3.8, 4) is 0 Å². The van der Waals surface area contributed by atoms with Crippen molar-refractivity contribution >= 4 is 11.6 Å². The van der Waals surface area contributed by atoms with Crippen LogP contribution in [0.15, 0.2) is 48.8 Å². The summed E-state index contributed by atoms with van der Waals surface area (Å²) in [5.74, 6) is 0.410. The number of aromatic nitrogens is 1. The Bertz CT molecular complexity index is 638. The first kappa shape index (κ1) is 9.83. The van der Waals surface area contributed by atoms with Gasteiger partial charge in [0.1, 0.15) is 0 Å². The number of rotatable bonds is 1. The van der Waals surface area contributed by atoms with Gasteiger partial charge in [0.15, 0.2) is 0 Å². The SMILES string of the molecule is O=C1Nc2ccccc2[C@]12C[C@H]2c1cccnc1. The van der Waals surface area contributed by atoms with Crippen LogP contribution in [0, 0.1) is 0 Å². The first-order valence-electron chi connectivity index (χ1n) is 6.13. The fraction of sp³-hybridized carbons (Fsp3) is 0.200. The van der Waals surface area contributed by atoms with Crippen LogP contribution in [0.5, 0.6) is 0 Å². The topological polar surface area (TPSA) is 42.0 Å². The highest BCUT2D eigenvalue weighted by atomic mass is 16.2. The Hall–Kier alpha value is -2.16. The number of nitrogens with zero attached hydrogens (tertiary/aromatic N) is 1. The molecule has 1 N–H and O–H groups in total. The van der Waals surface area contributed by atoms with Crippen LogP contribution >= 0.6 is 0 Å². The third-order valence-electron chi connectivity index (χ3n) is 4.11. The van der Waals surface area contributed by atoms with Crippen LogP contribution in [0.2, 0.25) is 0 Å². The summed E-state index contributed by atoms with van der Waals surface area (Å²) in [4.78, 5) is 16.4. The minimum absolute atomic E-state index is 0.137. The molecule has 88 valence electrons. The molecule has 2 atom stereocenters. The van der Waals surface area contributed by atoms with Crippen molar-refractivity contribution < 1.29 is 4.79 Å².